The molecule has 1 aromatic carbocycles. The maximum absolute atomic E-state index is 13.8. The molecule has 6 nitrogen and oxygen atoms in total. The van der Waals surface area contributed by atoms with E-state index in [0.717, 1.165) is 12.5 Å². The second kappa shape index (κ2) is 7.34. The number of nitriles is 1. The van der Waals surface area contributed by atoms with Crippen molar-refractivity contribution in [3.05, 3.63) is 35.4 Å². The van der Waals surface area contributed by atoms with Crippen LogP contribution in [0.3, 0.4) is 0 Å². The van der Waals surface area contributed by atoms with E-state index in [1.807, 2.05) is 0 Å². The first-order valence-electron chi connectivity index (χ1n) is 7.00. The fourth-order valence-corrected chi connectivity index (χ4v) is 2.23. The Labute approximate surface area is 142 Å². The first-order valence-corrected chi connectivity index (χ1v) is 7.00. The Morgan fingerprint density at radius 3 is 2.16 bits per heavy atom. The van der Waals surface area contributed by atoms with Crippen molar-refractivity contribution in [1.82, 2.24) is 5.32 Å². The molecule has 0 spiro atoms. The predicted octanol–water partition coefficient (Wildman–Crippen LogP) is 2.38. The molecule has 0 saturated heterocycles. The summed E-state index contributed by atoms with van der Waals surface area (Å²) in [4.78, 5) is 24.3. The van der Waals surface area contributed by atoms with Gasteiger partial charge in [0.1, 0.15) is 5.92 Å². The van der Waals surface area contributed by atoms with Crippen LogP contribution in [0, 0.1) is 29.6 Å². The number of benzene rings is 1. The average molecular weight is 355 g/mol. The molecule has 0 saturated carbocycles. The normalized spacial score (nSPS) is 14.6. The van der Waals surface area contributed by atoms with E-state index in [1.165, 1.54) is 30.3 Å². The number of rotatable bonds is 5. The fourth-order valence-electron chi connectivity index (χ4n) is 2.23. The van der Waals surface area contributed by atoms with Gasteiger partial charge in [0, 0.05) is 11.3 Å². The molecular formula is C16H16F3N3O3. The van der Waals surface area contributed by atoms with E-state index in [2.05, 4.69) is 4.74 Å². The molecule has 1 rings (SSSR count). The molecule has 0 aliphatic heterocycles. The van der Waals surface area contributed by atoms with Gasteiger partial charge in [-0.3, -0.25) is 4.79 Å². The first kappa shape index (κ1) is 20.2. The van der Waals surface area contributed by atoms with Crippen molar-refractivity contribution in [3.8, 4) is 6.07 Å². The topological polar surface area (TPSA) is 103 Å². The summed E-state index contributed by atoms with van der Waals surface area (Å²) >= 11 is 0. The van der Waals surface area contributed by atoms with E-state index in [-0.39, 0.29) is 5.56 Å². The fraction of sp³-hybridized carbons (Fsp3) is 0.375. The van der Waals surface area contributed by atoms with Crippen LogP contribution in [-0.4, -0.2) is 36.4 Å². The Kier molecular flexibility index (Phi) is 5.92. The van der Waals surface area contributed by atoms with Crippen molar-refractivity contribution >= 4 is 17.6 Å². The maximum Gasteiger partial charge on any atom is 0.424 e. The Hall–Kier alpha value is -2.89. The lowest BCUT2D eigenvalue weighted by atomic mass is 9.80. The minimum atomic E-state index is -5.37. The van der Waals surface area contributed by atoms with Crippen molar-refractivity contribution in [2.75, 3.05) is 7.11 Å². The highest BCUT2D eigenvalue weighted by Gasteiger charge is 2.68. The molecular weight excluding hydrogens is 339 g/mol. The van der Waals surface area contributed by atoms with Gasteiger partial charge in [-0.25, -0.2) is 4.79 Å². The number of ether oxygens (including phenoxy) is 1. The van der Waals surface area contributed by atoms with Crippen molar-refractivity contribution < 1.29 is 27.5 Å². The van der Waals surface area contributed by atoms with Gasteiger partial charge in [0.2, 0.25) is 0 Å². The summed E-state index contributed by atoms with van der Waals surface area (Å²) in [6, 6.07) is 6.84. The Balaban J connectivity index is 3.52. The number of carbonyl (C=O) groups excluding carboxylic acids is 2. The second-order valence-corrected chi connectivity index (χ2v) is 5.36. The highest BCUT2D eigenvalue weighted by atomic mass is 19.4. The summed E-state index contributed by atoms with van der Waals surface area (Å²) in [6.07, 6.45) is -5.37. The van der Waals surface area contributed by atoms with Crippen molar-refractivity contribution in [2.45, 2.75) is 25.6 Å². The molecule has 2 atom stereocenters. The number of amides is 1. The largest absolute Gasteiger partial charge is 0.467 e. The maximum atomic E-state index is 13.8. The van der Waals surface area contributed by atoms with Gasteiger partial charge in [0.15, 0.2) is 0 Å². The minimum Gasteiger partial charge on any atom is -0.467 e. The molecule has 0 heterocycles. The number of nitrogens with zero attached hydrogens (tertiary/aromatic N) is 1. The number of methoxy groups -OCH3 is 1. The molecule has 0 bridgehead atoms. The third kappa shape index (κ3) is 3.79. The van der Waals surface area contributed by atoms with Gasteiger partial charge < -0.3 is 15.5 Å². The SMILES string of the molecule is COC(=O)[C@](NC(=O)c1ccc(C)cc1)([C@@H](C#N)C(C)=N)C(F)(F)F. The van der Waals surface area contributed by atoms with Gasteiger partial charge in [-0.05, 0) is 26.0 Å². The molecule has 0 fully saturated rings. The summed E-state index contributed by atoms with van der Waals surface area (Å²) in [5.41, 5.74) is -3.79. The number of aryl methyl sites for hydroxylation is 1. The molecule has 134 valence electrons. The van der Waals surface area contributed by atoms with E-state index in [0.29, 0.717) is 7.11 Å². The third-order valence-electron chi connectivity index (χ3n) is 3.57. The van der Waals surface area contributed by atoms with Gasteiger partial charge in [-0.15, -0.1) is 0 Å². The molecule has 0 radical (unpaired) electrons. The van der Waals surface area contributed by atoms with Crippen molar-refractivity contribution in [2.24, 2.45) is 5.92 Å². The van der Waals surface area contributed by atoms with Crippen LogP contribution in [-0.2, 0) is 9.53 Å². The van der Waals surface area contributed by atoms with Gasteiger partial charge in [0.25, 0.3) is 11.4 Å². The quantitative estimate of drug-likeness (QED) is 0.625. The zero-order chi connectivity index (χ0) is 19.4. The number of alkyl halides is 3. The smallest absolute Gasteiger partial charge is 0.424 e. The van der Waals surface area contributed by atoms with Crippen molar-refractivity contribution in [1.29, 1.82) is 10.7 Å². The molecule has 0 unspecified atom stereocenters. The number of nitrogens with one attached hydrogen (secondary N) is 2. The molecule has 0 aromatic heterocycles. The molecule has 1 amide bonds. The number of carbonyl (C=O) groups is 2. The number of esters is 1. The summed E-state index contributed by atoms with van der Waals surface area (Å²) in [5.74, 6) is -5.38. The summed E-state index contributed by atoms with van der Waals surface area (Å²) in [7, 11) is 0.703. The molecule has 2 N–H and O–H groups in total. The summed E-state index contributed by atoms with van der Waals surface area (Å²) in [6.45, 7) is 2.66. The van der Waals surface area contributed by atoms with Crippen LogP contribution in [0.25, 0.3) is 0 Å². The zero-order valence-electron chi connectivity index (χ0n) is 13.7. The lowest BCUT2D eigenvalue weighted by molar-refractivity contribution is -0.213. The molecule has 9 heteroatoms. The highest BCUT2D eigenvalue weighted by molar-refractivity contribution is 6.02. The minimum absolute atomic E-state index is 0.137. The number of hydrogen-bond donors (Lipinski definition) is 2. The zero-order valence-corrected chi connectivity index (χ0v) is 13.7. The van der Waals surface area contributed by atoms with Crippen LogP contribution >= 0.6 is 0 Å². The van der Waals surface area contributed by atoms with Gasteiger partial charge >= 0.3 is 12.1 Å². The van der Waals surface area contributed by atoms with E-state index in [9.17, 15) is 22.8 Å². The van der Waals surface area contributed by atoms with Crippen LogP contribution in [0.1, 0.15) is 22.8 Å². The number of halogens is 3. The lowest BCUT2D eigenvalue weighted by Crippen LogP contribution is -2.69. The summed E-state index contributed by atoms with van der Waals surface area (Å²) in [5, 5.41) is 18.1. The average Bonchev–Trinajstić information content (AvgIpc) is 2.52. The molecule has 1 aromatic rings. The van der Waals surface area contributed by atoms with E-state index < -0.39 is 35.2 Å². The Morgan fingerprint density at radius 2 is 1.80 bits per heavy atom. The highest BCUT2D eigenvalue weighted by Crippen LogP contribution is 2.38. The molecule has 0 aliphatic rings. The Bertz CT molecular complexity index is 723. The van der Waals surface area contributed by atoms with Gasteiger partial charge in [-0.2, -0.15) is 18.4 Å². The summed E-state index contributed by atoms with van der Waals surface area (Å²) < 4.78 is 45.6. The van der Waals surface area contributed by atoms with E-state index in [1.54, 1.807) is 12.2 Å². The van der Waals surface area contributed by atoms with E-state index in [4.69, 9.17) is 10.7 Å². The lowest BCUT2D eigenvalue weighted by Gasteiger charge is -2.36. The van der Waals surface area contributed by atoms with E-state index >= 15 is 0 Å². The third-order valence-corrected chi connectivity index (χ3v) is 3.57. The van der Waals surface area contributed by atoms with Gasteiger partial charge in [-0.1, -0.05) is 17.7 Å². The van der Waals surface area contributed by atoms with Crippen molar-refractivity contribution in [3.63, 3.8) is 0 Å². The molecule has 25 heavy (non-hydrogen) atoms. The Morgan fingerprint density at radius 1 is 1.28 bits per heavy atom. The van der Waals surface area contributed by atoms with Gasteiger partial charge in [0.05, 0.1) is 13.2 Å². The van der Waals surface area contributed by atoms with Crippen LogP contribution in [0.2, 0.25) is 0 Å². The number of hydrogen-bond acceptors (Lipinski definition) is 5. The molecule has 0 aliphatic carbocycles. The van der Waals surface area contributed by atoms with Crippen LogP contribution < -0.4 is 5.32 Å². The standard InChI is InChI=1S/C16H16F3N3O3/c1-9-4-6-11(7-5-9)13(23)22-15(14(24)25-3,16(17,18)19)12(8-20)10(2)21/h4-7,12,21H,1-3H3,(H,22,23)/t12-,15+/m0/s1. The van der Waals surface area contributed by atoms with Crippen LogP contribution in [0.15, 0.2) is 24.3 Å². The predicted molar refractivity (Wildman–Crippen MR) is 82.0 cm³/mol. The van der Waals surface area contributed by atoms with Crippen LogP contribution in [0.5, 0.6) is 0 Å². The first-order chi connectivity index (χ1) is 11.5. The van der Waals surface area contributed by atoms with Crippen LogP contribution in [0.4, 0.5) is 13.2 Å². The second-order valence-electron chi connectivity index (χ2n) is 5.36. The monoisotopic (exact) mass is 355 g/mol.